The van der Waals surface area contributed by atoms with Gasteiger partial charge in [0.1, 0.15) is 0 Å². The number of nitrogens with one attached hydrogen (secondary N) is 1. The van der Waals surface area contributed by atoms with Crippen molar-refractivity contribution in [3.63, 3.8) is 0 Å². The molecular weight excluding hydrogens is 232 g/mol. The van der Waals surface area contributed by atoms with E-state index in [1.54, 1.807) is 0 Å². The molecule has 0 saturated heterocycles. The molecule has 0 aliphatic carbocycles. The maximum atomic E-state index is 11.7. The molecule has 0 aliphatic heterocycles. The number of aromatic nitrogens is 2. The molecule has 2 aromatic rings. The second-order valence-corrected chi connectivity index (χ2v) is 3.86. The molecule has 0 aliphatic rings. The van der Waals surface area contributed by atoms with E-state index in [0.29, 0.717) is 12.2 Å². The lowest BCUT2D eigenvalue weighted by molar-refractivity contribution is -0.122. The van der Waals surface area contributed by atoms with Gasteiger partial charge in [-0.1, -0.05) is 35.5 Å². The summed E-state index contributed by atoms with van der Waals surface area (Å²) in [5, 5.41) is 6.25. The van der Waals surface area contributed by atoms with E-state index < -0.39 is 6.04 Å². The lowest BCUT2D eigenvalue weighted by Gasteiger charge is -2.11. The van der Waals surface area contributed by atoms with Crippen molar-refractivity contribution in [3.05, 3.63) is 48.1 Å². The Hall–Kier alpha value is -2.21. The van der Waals surface area contributed by atoms with Crippen molar-refractivity contribution in [3.8, 4) is 0 Å². The lowest BCUT2D eigenvalue weighted by atomic mass is 10.1. The summed E-state index contributed by atoms with van der Waals surface area (Å²) in [5.74, 6) is 0.193. The molecule has 1 heterocycles. The highest BCUT2D eigenvalue weighted by molar-refractivity contribution is 5.81. The summed E-state index contributed by atoms with van der Waals surface area (Å²) in [7, 11) is 0. The van der Waals surface area contributed by atoms with Crippen molar-refractivity contribution in [1.29, 1.82) is 0 Å². The highest BCUT2D eigenvalue weighted by atomic mass is 16.5. The van der Waals surface area contributed by atoms with Crippen molar-refractivity contribution >= 4 is 5.91 Å². The minimum atomic E-state index is -0.584. The molecule has 0 bridgehead atoms. The summed E-state index contributed by atoms with van der Waals surface area (Å²) >= 11 is 0. The third kappa shape index (κ3) is 3.39. The number of amides is 1. The van der Waals surface area contributed by atoms with Gasteiger partial charge < -0.3 is 15.6 Å². The average Bonchev–Trinajstić information content (AvgIpc) is 2.90. The topological polar surface area (TPSA) is 94.0 Å². The summed E-state index contributed by atoms with van der Waals surface area (Å²) in [6, 6.07) is 9.04. The zero-order valence-corrected chi connectivity index (χ0v) is 9.74. The number of rotatable bonds is 5. The van der Waals surface area contributed by atoms with Crippen molar-refractivity contribution in [1.82, 2.24) is 15.5 Å². The molecule has 0 fully saturated rings. The molecule has 1 atom stereocenters. The molecule has 0 spiro atoms. The van der Waals surface area contributed by atoms with Crippen LogP contribution in [0.1, 0.15) is 11.4 Å². The predicted molar refractivity (Wildman–Crippen MR) is 64.3 cm³/mol. The van der Waals surface area contributed by atoms with Gasteiger partial charge in [-0.3, -0.25) is 4.79 Å². The second kappa shape index (κ2) is 5.92. The van der Waals surface area contributed by atoms with Gasteiger partial charge in [0.05, 0.1) is 12.6 Å². The first-order valence-corrected chi connectivity index (χ1v) is 5.58. The minimum absolute atomic E-state index is 0.220. The Morgan fingerprint density at radius 2 is 2.17 bits per heavy atom. The molecule has 1 aromatic carbocycles. The number of carbonyl (C=O) groups excluding carboxylic acids is 1. The quantitative estimate of drug-likeness (QED) is 0.789. The largest absolute Gasteiger partial charge is 0.347 e. The van der Waals surface area contributed by atoms with Crippen LogP contribution in [0, 0.1) is 0 Å². The molecule has 1 amide bonds. The SMILES string of the molecule is NC(Cc1ccccc1)C(=O)NCc1ncon1. The van der Waals surface area contributed by atoms with Crippen molar-refractivity contribution in [2.45, 2.75) is 19.0 Å². The van der Waals surface area contributed by atoms with Gasteiger partial charge in [0.25, 0.3) is 0 Å². The average molecular weight is 246 g/mol. The van der Waals surface area contributed by atoms with Gasteiger partial charge in [-0.25, -0.2) is 0 Å². The van der Waals surface area contributed by atoms with Crippen LogP contribution in [0.4, 0.5) is 0 Å². The Kier molecular flexibility index (Phi) is 4.03. The smallest absolute Gasteiger partial charge is 0.237 e. The predicted octanol–water partition coefficient (Wildman–Crippen LogP) is 0.256. The second-order valence-electron chi connectivity index (χ2n) is 3.86. The third-order valence-electron chi connectivity index (χ3n) is 2.46. The normalized spacial score (nSPS) is 12.1. The van der Waals surface area contributed by atoms with Gasteiger partial charge in [-0.2, -0.15) is 4.98 Å². The Balaban J connectivity index is 1.82. The number of benzene rings is 1. The van der Waals surface area contributed by atoms with E-state index in [-0.39, 0.29) is 12.5 Å². The molecule has 1 aromatic heterocycles. The monoisotopic (exact) mass is 246 g/mol. The number of hydrogen-bond donors (Lipinski definition) is 2. The fraction of sp³-hybridized carbons (Fsp3) is 0.250. The van der Waals surface area contributed by atoms with Crippen LogP contribution >= 0.6 is 0 Å². The maximum Gasteiger partial charge on any atom is 0.237 e. The summed E-state index contributed by atoms with van der Waals surface area (Å²) in [6.07, 6.45) is 1.71. The summed E-state index contributed by atoms with van der Waals surface area (Å²) < 4.78 is 4.56. The van der Waals surface area contributed by atoms with Gasteiger partial charge in [0.15, 0.2) is 5.82 Å². The highest BCUT2D eigenvalue weighted by Crippen LogP contribution is 2.02. The van der Waals surface area contributed by atoms with E-state index in [1.165, 1.54) is 6.39 Å². The fourth-order valence-corrected chi connectivity index (χ4v) is 1.53. The van der Waals surface area contributed by atoms with Crippen LogP contribution in [-0.2, 0) is 17.8 Å². The molecule has 3 N–H and O–H groups in total. The van der Waals surface area contributed by atoms with Gasteiger partial charge in [0, 0.05) is 0 Å². The van der Waals surface area contributed by atoms with Crippen LogP contribution in [0.25, 0.3) is 0 Å². The lowest BCUT2D eigenvalue weighted by Crippen LogP contribution is -2.41. The Morgan fingerprint density at radius 1 is 1.39 bits per heavy atom. The number of nitrogens with zero attached hydrogens (tertiary/aromatic N) is 2. The number of hydrogen-bond acceptors (Lipinski definition) is 5. The first kappa shape index (κ1) is 12.3. The number of nitrogens with two attached hydrogens (primary N) is 1. The van der Waals surface area contributed by atoms with E-state index in [0.717, 1.165) is 5.56 Å². The van der Waals surface area contributed by atoms with Gasteiger partial charge in [0.2, 0.25) is 12.3 Å². The summed E-state index contributed by atoms with van der Waals surface area (Å²) in [6.45, 7) is 0.220. The molecule has 1 unspecified atom stereocenters. The van der Waals surface area contributed by atoms with E-state index in [4.69, 9.17) is 5.73 Å². The van der Waals surface area contributed by atoms with Gasteiger partial charge in [-0.05, 0) is 12.0 Å². The van der Waals surface area contributed by atoms with Gasteiger partial charge >= 0.3 is 0 Å². The summed E-state index contributed by atoms with van der Waals surface area (Å²) in [4.78, 5) is 15.5. The van der Waals surface area contributed by atoms with Gasteiger partial charge in [-0.15, -0.1) is 0 Å². The summed E-state index contributed by atoms with van der Waals surface area (Å²) in [5.41, 5.74) is 6.84. The molecule has 0 saturated carbocycles. The Labute approximate surface area is 104 Å². The van der Waals surface area contributed by atoms with E-state index in [1.807, 2.05) is 30.3 Å². The fourth-order valence-electron chi connectivity index (χ4n) is 1.53. The van der Waals surface area contributed by atoms with Crippen LogP contribution < -0.4 is 11.1 Å². The van der Waals surface area contributed by atoms with Crippen molar-refractivity contribution in [2.24, 2.45) is 5.73 Å². The Morgan fingerprint density at radius 3 is 2.83 bits per heavy atom. The van der Waals surface area contributed by atoms with Crippen LogP contribution in [0.2, 0.25) is 0 Å². The van der Waals surface area contributed by atoms with E-state index in [9.17, 15) is 4.79 Å². The van der Waals surface area contributed by atoms with Crippen molar-refractivity contribution in [2.75, 3.05) is 0 Å². The molecule has 6 heteroatoms. The standard InChI is InChI=1S/C12H14N4O2/c13-10(6-9-4-2-1-3-5-9)12(17)14-7-11-15-8-18-16-11/h1-5,8,10H,6-7,13H2,(H,14,17). The first-order valence-electron chi connectivity index (χ1n) is 5.58. The maximum absolute atomic E-state index is 11.7. The zero-order valence-electron chi connectivity index (χ0n) is 9.74. The molecule has 6 nitrogen and oxygen atoms in total. The van der Waals surface area contributed by atoms with E-state index in [2.05, 4.69) is 20.0 Å². The molecule has 2 rings (SSSR count). The molecular formula is C12H14N4O2. The minimum Gasteiger partial charge on any atom is -0.347 e. The van der Waals surface area contributed by atoms with E-state index >= 15 is 0 Å². The van der Waals surface area contributed by atoms with Crippen LogP contribution in [0.15, 0.2) is 41.2 Å². The van der Waals surface area contributed by atoms with Crippen LogP contribution in [-0.4, -0.2) is 22.1 Å². The van der Waals surface area contributed by atoms with Crippen molar-refractivity contribution < 1.29 is 9.32 Å². The van der Waals surface area contributed by atoms with Crippen LogP contribution in [0.5, 0.6) is 0 Å². The molecule has 0 radical (unpaired) electrons. The molecule has 18 heavy (non-hydrogen) atoms. The number of carbonyl (C=O) groups is 1. The van der Waals surface area contributed by atoms with Crippen LogP contribution in [0.3, 0.4) is 0 Å². The first-order chi connectivity index (χ1) is 8.75. The zero-order chi connectivity index (χ0) is 12.8. The molecule has 94 valence electrons. The Bertz CT molecular complexity index is 484. The highest BCUT2D eigenvalue weighted by Gasteiger charge is 2.14. The third-order valence-corrected chi connectivity index (χ3v) is 2.46.